The monoisotopic (exact) mass is 436 g/mol. The Kier molecular flexibility index (Phi) is 4.75. The number of halogens is 4. The number of nitrogens with one attached hydrogen (secondary N) is 1. The molecule has 94 valence electrons. The maximum absolute atomic E-state index is 13.1. The molecular weight excluding hydrogens is 431 g/mol. The van der Waals surface area contributed by atoms with Crippen molar-refractivity contribution in [3.8, 4) is 0 Å². The van der Waals surface area contributed by atoms with E-state index in [0.717, 1.165) is 24.8 Å². The van der Waals surface area contributed by atoms with Gasteiger partial charge in [-0.05, 0) is 61.7 Å². The molecule has 1 aromatic carbocycles. The molecule has 2 nitrogen and oxygen atoms in total. The smallest absolute Gasteiger partial charge is 0.140 e. The Hall–Kier alpha value is -0.460. The Labute approximate surface area is 129 Å². The largest absolute Gasteiger partial charge is 0.365 e. The van der Waals surface area contributed by atoms with Crippen LogP contribution in [-0.2, 0) is 6.54 Å². The van der Waals surface area contributed by atoms with Crippen LogP contribution in [0.25, 0.3) is 0 Å². The van der Waals surface area contributed by atoms with Crippen LogP contribution in [0.15, 0.2) is 43.9 Å². The summed E-state index contributed by atoms with van der Waals surface area (Å²) >= 11 is 10.1. The summed E-state index contributed by atoms with van der Waals surface area (Å²) < 4.78 is 15.7. The molecule has 0 radical (unpaired) electrons. The second kappa shape index (κ2) is 6.12. The summed E-state index contributed by atoms with van der Waals surface area (Å²) in [5.41, 5.74) is 0.839. The summed E-state index contributed by atoms with van der Waals surface area (Å²) in [6.45, 7) is 0.492. The number of hydrogen-bond acceptors (Lipinski definition) is 2. The fraction of sp³-hybridized carbons (Fsp3) is 0.0833. The molecule has 1 aromatic heterocycles. The van der Waals surface area contributed by atoms with Gasteiger partial charge in [-0.25, -0.2) is 9.37 Å². The quantitative estimate of drug-likeness (QED) is 0.719. The van der Waals surface area contributed by atoms with Crippen LogP contribution in [0.1, 0.15) is 5.56 Å². The van der Waals surface area contributed by atoms with E-state index in [9.17, 15) is 4.39 Å². The Bertz CT molecular complexity index is 575. The van der Waals surface area contributed by atoms with Gasteiger partial charge in [0.1, 0.15) is 11.6 Å². The summed E-state index contributed by atoms with van der Waals surface area (Å²) in [4.78, 5) is 4.23. The molecule has 0 saturated carbocycles. The topological polar surface area (TPSA) is 24.9 Å². The van der Waals surface area contributed by atoms with Crippen LogP contribution in [0.2, 0.25) is 0 Å². The van der Waals surface area contributed by atoms with E-state index in [1.807, 2.05) is 6.07 Å². The number of pyridine rings is 1. The summed E-state index contributed by atoms with van der Waals surface area (Å²) in [6.07, 6.45) is 1.70. The van der Waals surface area contributed by atoms with Crippen molar-refractivity contribution in [3.05, 3.63) is 55.3 Å². The summed E-state index contributed by atoms with van der Waals surface area (Å²) in [5.74, 6) is 0.465. The molecular formula is C12H8Br3FN2. The average Bonchev–Trinajstić information content (AvgIpc) is 2.32. The number of anilines is 1. The van der Waals surface area contributed by atoms with Crippen molar-refractivity contribution in [2.24, 2.45) is 0 Å². The minimum Gasteiger partial charge on any atom is -0.365 e. The Morgan fingerprint density at radius 3 is 2.61 bits per heavy atom. The Morgan fingerprint density at radius 1 is 1.11 bits per heavy atom. The fourth-order valence-electron chi connectivity index (χ4n) is 1.40. The van der Waals surface area contributed by atoms with Gasteiger partial charge in [-0.3, -0.25) is 0 Å². The van der Waals surface area contributed by atoms with E-state index >= 15 is 0 Å². The third-order valence-corrected chi connectivity index (χ3v) is 4.07. The van der Waals surface area contributed by atoms with Crippen LogP contribution in [0.4, 0.5) is 10.2 Å². The highest BCUT2D eigenvalue weighted by Gasteiger charge is 2.05. The van der Waals surface area contributed by atoms with Gasteiger partial charge >= 0.3 is 0 Å². The molecule has 0 aliphatic rings. The minimum atomic E-state index is -0.252. The number of nitrogens with zero attached hydrogens (tertiary/aromatic N) is 1. The minimum absolute atomic E-state index is 0.252. The number of hydrogen-bond donors (Lipinski definition) is 1. The highest BCUT2D eigenvalue weighted by Crippen LogP contribution is 2.25. The second-order valence-corrected chi connectivity index (χ2v) is 6.20. The molecule has 1 N–H and O–H groups in total. The maximum atomic E-state index is 13.1. The zero-order valence-corrected chi connectivity index (χ0v) is 13.8. The molecule has 0 amide bonds. The number of rotatable bonds is 3. The molecule has 18 heavy (non-hydrogen) atoms. The first-order chi connectivity index (χ1) is 8.56. The summed E-state index contributed by atoms with van der Waals surface area (Å²) in [6, 6.07) is 6.50. The lowest BCUT2D eigenvalue weighted by Crippen LogP contribution is -2.03. The summed E-state index contributed by atoms with van der Waals surface area (Å²) in [7, 11) is 0. The molecule has 2 rings (SSSR count). The molecule has 1 heterocycles. The molecule has 0 atom stereocenters. The molecule has 0 spiro atoms. The van der Waals surface area contributed by atoms with Gasteiger partial charge in [-0.2, -0.15) is 0 Å². The molecule has 0 aliphatic heterocycles. The van der Waals surface area contributed by atoms with Crippen molar-refractivity contribution in [1.82, 2.24) is 4.98 Å². The van der Waals surface area contributed by atoms with Gasteiger partial charge in [-0.1, -0.05) is 15.9 Å². The van der Waals surface area contributed by atoms with Gasteiger partial charge in [0, 0.05) is 21.7 Å². The van der Waals surface area contributed by atoms with Gasteiger partial charge in [-0.15, -0.1) is 0 Å². The van der Waals surface area contributed by atoms with Gasteiger partial charge in [0.05, 0.1) is 4.47 Å². The predicted octanol–water partition coefficient (Wildman–Crippen LogP) is 5.12. The number of aromatic nitrogens is 1. The maximum Gasteiger partial charge on any atom is 0.140 e. The Morgan fingerprint density at radius 2 is 1.89 bits per heavy atom. The standard InChI is InChI=1S/C12H8Br3FN2/c13-8-4-11(15)12(18-6-8)17-5-7-3-9(16)1-2-10(7)14/h1-4,6H,5H2,(H,17,18). The normalized spacial score (nSPS) is 10.4. The fourth-order valence-corrected chi connectivity index (χ4v) is 2.92. The van der Waals surface area contributed by atoms with Crippen LogP contribution in [-0.4, -0.2) is 4.98 Å². The van der Waals surface area contributed by atoms with E-state index < -0.39 is 0 Å². The first-order valence-electron chi connectivity index (χ1n) is 5.05. The molecule has 0 unspecified atom stereocenters. The first kappa shape index (κ1) is 14.0. The molecule has 6 heteroatoms. The van der Waals surface area contributed by atoms with Crippen molar-refractivity contribution < 1.29 is 4.39 Å². The van der Waals surface area contributed by atoms with E-state index in [0.29, 0.717) is 6.54 Å². The first-order valence-corrected chi connectivity index (χ1v) is 7.43. The molecule has 2 aromatic rings. The van der Waals surface area contributed by atoms with Crippen LogP contribution >= 0.6 is 47.8 Å². The zero-order valence-electron chi connectivity index (χ0n) is 9.05. The number of benzene rings is 1. The third kappa shape index (κ3) is 3.52. The van der Waals surface area contributed by atoms with E-state index in [4.69, 9.17) is 0 Å². The van der Waals surface area contributed by atoms with Crippen molar-refractivity contribution in [2.45, 2.75) is 6.54 Å². The van der Waals surface area contributed by atoms with Crippen LogP contribution in [0.5, 0.6) is 0 Å². The van der Waals surface area contributed by atoms with Crippen LogP contribution in [0, 0.1) is 5.82 Å². The lowest BCUT2D eigenvalue weighted by atomic mass is 10.2. The molecule has 0 fully saturated rings. The van der Waals surface area contributed by atoms with Gasteiger partial charge in [0.2, 0.25) is 0 Å². The van der Waals surface area contributed by atoms with Gasteiger partial charge in [0.15, 0.2) is 0 Å². The molecule has 0 aliphatic carbocycles. The lowest BCUT2D eigenvalue weighted by Gasteiger charge is -2.09. The zero-order chi connectivity index (χ0) is 13.1. The van der Waals surface area contributed by atoms with Crippen LogP contribution < -0.4 is 5.32 Å². The predicted molar refractivity (Wildman–Crippen MR) is 81.1 cm³/mol. The molecule has 0 bridgehead atoms. The van der Waals surface area contributed by atoms with Crippen LogP contribution in [0.3, 0.4) is 0 Å². The second-order valence-electron chi connectivity index (χ2n) is 3.57. The van der Waals surface area contributed by atoms with E-state index in [1.165, 1.54) is 12.1 Å². The van der Waals surface area contributed by atoms with Crippen molar-refractivity contribution in [3.63, 3.8) is 0 Å². The van der Waals surface area contributed by atoms with Crippen molar-refractivity contribution >= 4 is 53.6 Å². The van der Waals surface area contributed by atoms with Crippen molar-refractivity contribution in [1.29, 1.82) is 0 Å². The van der Waals surface area contributed by atoms with E-state index in [-0.39, 0.29) is 5.82 Å². The third-order valence-electron chi connectivity index (χ3n) is 2.26. The lowest BCUT2D eigenvalue weighted by molar-refractivity contribution is 0.625. The average molecular weight is 439 g/mol. The van der Waals surface area contributed by atoms with Gasteiger partial charge < -0.3 is 5.32 Å². The highest BCUT2D eigenvalue weighted by atomic mass is 79.9. The van der Waals surface area contributed by atoms with Gasteiger partial charge in [0.25, 0.3) is 0 Å². The molecule has 0 saturated heterocycles. The SMILES string of the molecule is Fc1ccc(Br)c(CNc2ncc(Br)cc2Br)c1. The van der Waals surface area contributed by atoms with E-state index in [2.05, 4.69) is 58.1 Å². The summed E-state index contributed by atoms with van der Waals surface area (Å²) in [5, 5.41) is 3.15. The van der Waals surface area contributed by atoms with Crippen molar-refractivity contribution in [2.75, 3.05) is 5.32 Å². The highest BCUT2D eigenvalue weighted by molar-refractivity contribution is 9.11. The Balaban J connectivity index is 2.13. The van der Waals surface area contributed by atoms with E-state index in [1.54, 1.807) is 12.3 Å².